The Labute approximate surface area is 121 Å². The van der Waals surface area contributed by atoms with Crippen LogP contribution in [0.5, 0.6) is 0 Å². The van der Waals surface area contributed by atoms with Crippen LogP contribution < -0.4 is 5.73 Å². The molecule has 1 saturated heterocycles. The Morgan fingerprint density at radius 3 is 2.84 bits per heavy atom. The van der Waals surface area contributed by atoms with Crippen molar-refractivity contribution in [2.75, 3.05) is 11.5 Å². The molecule has 1 aliphatic heterocycles. The lowest BCUT2D eigenvalue weighted by atomic mass is 9.95. The molecule has 2 N–H and O–H groups in total. The molecule has 6 heteroatoms. The molecule has 2 unspecified atom stereocenters. The average molecular weight is 350 g/mol. The normalized spacial score (nSPS) is 23.4. The molecule has 0 aliphatic carbocycles. The second-order valence-electron chi connectivity index (χ2n) is 5.20. The second-order valence-corrected chi connectivity index (χ2v) is 8.29. The van der Waals surface area contributed by atoms with Crippen LogP contribution in [0.15, 0.2) is 22.7 Å². The van der Waals surface area contributed by atoms with Gasteiger partial charge in [0.1, 0.15) is 5.82 Å². The minimum Gasteiger partial charge on any atom is -0.327 e. The fourth-order valence-corrected chi connectivity index (χ4v) is 4.84. The Kier molecular flexibility index (Phi) is 4.63. The summed E-state index contributed by atoms with van der Waals surface area (Å²) in [6, 6.07) is 4.38. The molecule has 1 aromatic rings. The summed E-state index contributed by atoms with van der Waals surface area (Å²) in [6.45, 7) is 0. The van der Waals surface area contributed by atoms with Crippen molar-refractivity contribution in [3.05, 3.63) is 34.1 Å². The van der Waals surface area contributed by atoms with E-state index in [1.54, 1.807) is 6.07 Å². The maximum Gasteiger partial charge on any atom is 0.150 e. The van der Waals surface area contributed by atoms with Crippen molar-refractivity contribution in [2.24, 2.45) is 11.7 Å². The number of halogens is 2. The van der Waals surface area contributed by atoms with Gasteiger partial charge in [0.15, 0.2) is 9.84 Å². The molecule has 1 heterocycles. The van der Waals surface area contributed by atoms with E-state index >= 15 is 0 Å². The van der Waals surface area contributed by atoms with Crippen LogP contribution in [0.1, 0.15) is 18.4 Å². The molecule has 106 valence electrons. The van der Waals surface area contributed by atoms with Crippen molar-refractivity contribution in [3.8, 4) is 0 Å². The topological polar surface area (TPSA) is 60.2 Å². The van der Waals surface area contributed by atoms with E-state index in [1.165, 1.54) is 12.1 Å². The molecule has 0 bridgehead atoms. The SMILES string of the molecule is NC(Cc1cc(F)ccc1Br)CC1CCS(=O)(=O)C1. The Balaban J connectivity index is 1.94. The van der Waals surface area contributed by atoms with E-state index in [4.69, 9.17) is 5.73 Å². The highest BCUT2D eigenvalue weighted by atomic mass is 79.9. The standard InChI is InChI=1S/C13H17BrFNO2S/c14-13-2-1-11(15)6-10(13)7-12(16)5-9-3-4-19(17,18)8-9/h1-2,6,9,12H,3-5,7-8,16H2. The maximum absolute atomic E-state index is 13.2. The minimum atomic E-state index is -2.85. The first-order valence-electron chi connectivity index (χ1n) is 6.25. The van der Waals surface area contributed by atoms with Crippen molar-refractivity contribution < 1.29 is 12.8 Å². The van der Waals surface area contributed by atoms with Gasteiger partial charge in [-0.3, -0.25) is 0 Å². The molecular weight excluding hydrogens is 333 g/mol. The highest BCUT2D eigenvalue weighted by Gasteiger charge is 2.29. The Bertz CT molecular complexity index is 562. The largest absolute Gasteiger partial charge is 0.327 e. The number of hydrogen-bond acceptors (Lipinski definition) is 3. The molecule has 0 amide bonds. The van der Waals surface area contributed by atoms with Crippen LogP contribution in [-0.2, 0) is 16.3 Å². The summed E-state index contributed by atoms with van der Waals surface area (Å²) < 4.78 is 36.8. The molecule has 1 aliphatic rings. The first kappa shape index (κ1) is 14.9. The van der Waals surface area contributed by atoms with Crippen LogP contribution in [0.4, 0.5) is 4.39 Å². The zero-order valence-corrected chi connectivity index (χ0v) is 12.9. The molecule has 2 rings (SSSR count). The van der Waals surface area contributed by atoms with E-state index in [9.17, 15) is 12.8 Å². The van der Waals surface area contributed by atoms with Crippen LogP contribution in [0.3, 0.4) is 0 Å². The van der Waals surface area contributed by atoms with Crippen LogP contribution in [-0.4, -0.2) is 26.0 Å². The minimum absolute atomic E-state index is 0.142. The first-order chi connectivity index (χ1) is 8.85. The van der Waals surface area contributed by atoms with E-state index in [2.05, 4.69) is 15.9 Å². The number of nitrogens with two attached hydrogens (primary N) is 1. The summed E-state index contributed by atoms with van der Waals surface area (Å²) in [7, 11) is -2.85. The molecule has 1 aromatic carbocycles. The molecule has 19 heavy (non-hydrogen) atoms. The summed E-state index contributed by atoms with van der Waals surface area (Å²) in [5.74, 6) is 0.375. The fourth-order valence-electron chi connectivity index (χ4n) is 2.55. The van der Waals surface area contributed by atoms with Crippen molar-refractivity contribution in [3.63, 3.8) is 0 Å². The average Bonchev–Trinajstić information content (AvgIpc) is 2.63. The van der Waals surface area contributed by atoms with Gasteiger partial charge in [0, 0.05) is 10.5 Å². The first-order valence-corrected chi connectivity index (χ1v) is 8.87. The summed E-state index contributed by atoms with van der Waals surface area (Å²) >= 11 is 3.37. The van der Waals surface area contributed by atoms with E-state index in [1.807, 2.05) is 0 Å². The highest BCUT2D eigenvalue weighted by molar-refractivity contribution is 9.10. The smallest absolute Gasteiger partial charge is 0.150 e. The predicted octanol–water partition coefficient (Wildman–Crippen LogP) is 2.28. The monoisotopic (exact) mass is 349 g/mol. The van der Waals surface area contributed by atoms with E-state index in [0.29, 0.717) is 19.3 Å². The second kappa shape index (κ2) is 5.89. The molecule has 3 nitrogen and oxygen atoms in total. The quantitative estimate of drug-likeness (QED) is 0.906. The van der Waals surface area contributed by atoms with Gasteiger partial charge in [-0.05, 0) is 48.9 Å². The Morgan fingerprint density at radius 1 is 1.47 bits per heavy atom. The molecule has 0 spiro atoms. The summed E-state index contributed by atoms with van der Waals surface area (Å²) in [6.07, 6.45) is 1.91. The fraction of sp³-hybridized carbons (Fsp3) is 0.538. The molecular formula is C13H17BrFNO2S. The summed E-state index contributed by atoms with van der Waals surface area (Å²) in [4.78, 5) is 0. The van der Waals surface area contributed by atoms with Gasteiger partial charge < -0.3 is 5.73 Å². The lowest BCUT2D eigenvalue weighted by Crippen LogP contribution is -2.26. The lowest BCUT2D eigenvalue weighted by Gasteiger charge is -2.16. The number of benzene rings is 1. The van der Waals surface area contributed by atoms with Crippen LogP contribution >= 0.6 is 15.9 Å². The predicted molar refractivity (Wildman–Crippen MR) is 77.2 cm³/mol. The van der Waals surface area contributed by atoms with Gasteiger partial charge in [0.2, 0.25) is 0 Å². The Hall–Kier alpha value is -0.460. The van der Waals surface area contributed by atoms with Gasteiger partial charge in [0.05, 0.1) is 11.5 Å². The third kappa shape index (κ3) is 4.26. The van der Waals surface area contributed by atoms with Crippen molar-refractivity contribution >= 4 is 25.8 Å². The Morgan fingerprint density at radius 2 is 2.21 bits per heavy atom. The zero-order valence-electron chi connectivity index (χ0n) is 10.5. The summed E-state index contributed by atoms with van der Waals surface area (Å²) in [5, 5.41) is 0. The van der Waals surface area contributed by atoms with Gasteiger partial charge in [-0.15, -0.1) is 0 Å². The van der Waals surface area contributed by atoms with Crippen LogP contribution in [0, 0.1) is 11.7 Å². The molecule has 0 aromatic heterocycles. The van der Waals surface area contributed by atoms with E-state index < -0.39 is 9.84 Å². The van der Waals surface area contributed by atoms with Gasteiger partial charge in [-0.2, -0.15) is 0 Å². The number of hydrogen-bond donors (Lipinski definition) is 1. The third-order valence-corrected chi connectivity index (χ3v) is 6.06. The third-order valence-electron chi connectivity index (χ3n) is 3.45. The van der Waals surface area contributed by atoms with Crippen LogP contribution in [0.25, 0.3) is 0 Å². The van der Waals surface area contributed by atoms with Gasteiger partial charge in [-0.25, -0.2) is 12.8 Å². The van der Waals surface area contributed by atoms with Crippen molar-refractivity contribution in [1.29, 1.82) is 0 Å². The van der Waals surface area contributed by atoms with Gasteiger partial charge >= 0.3 is 0 Å². The van der Waals surface area contributed by atoms with Gasteiger partial charge in [-0.1, -0.05) is 15.9 Å². The van der Waals surface area contributed by atoms with Gasteiger partial charge in [0.25, 0.3) is 0 Å². The van der Waals surface area contributed by atoms with E-state index in [0.717, 1.165) is 10.0 Å². The van der Waals surface area contributed by atoms with Crippen molar-refractivity contribution in [1.82, 2.24) is 0 Å². The van der Waals surface area contributed by atoms with E-state index in [-0.39, 0.29) is 29.3 Å². The number of sulfone groups is 1. The van der Waals surface area contributed by atoms with Crippen molar-refractivity contribution in [2.45, 2.75) is 25.3 Å². The number of rotatable bonds is 4. The zero-order chi connectivity index (χ0) is 14.0. The molecule has 2 atom stereocenters. The lowest BCUT2D eigenvalue weighted by molar-refractivity contribution is 0.467. The summed E-state index contributed by atoms with van der Waals surface area (Å²) in [5.41, 5.74) is 6.88. The molecule has 1 fully saturated rings. The van der Waals surface area contributed by atoms with Crippen LogP contribution in [0.2, 0.25) is 0 Å². The molecule has 0 saturated carbocycles. The maximum atomic E-state index is 13.2. The highest BCUT2D eigenvalue weighted by Crippen LogP contribution is 2.25. The molecule has 0 radical (unpaired) electrons.